The highest BCUT2D eigenvalue weighted by Crippen LogP contribution is 2.18. The molecule has 5 nitrogen and oxygen atoms in total. The molecule has 0 unspecified atom stereocenters. The molecular weight excluding hydrogens is 170 g/mol. The molecule has 1 heterocycles. The number of hydrogen-bond donors (Lipinski definition) is 3. The molecule has 1 amide bonds. The number of nitrogens with one attached hydrogen (secondary N) is 2. The van der Waals surface area contributed by atoms with Crippen LogP contribution in [-0.4, -0.2) is 21.5 Å². The second kappa shape index (κ2) is 2.78. The minimum Gasteiger partial charge on any atom is -0.480 e. The summed E-state index contributed by atoms with van der Waals surface area (Å²) in [5, 5.41) is 11.5. The third-order valence-electron chi connectivity index (χ3n) is 1.70. The number of aromatic amines is 1. The van der Waals surface area contributed by atoms with Gasteiger partial charge in [0.2, 0.25) is 6.41 Å². The molecule has 66 valence electrons. The van der Waals surface area contributed by atoms with E-state index in [9.17, 15) is 4.79 Å². The topological polar surface area (TPSA) is 78.0 Å². The number of anilines is 1. The van der Waals surface area contributed by atoms with E-state index in [0.717, 1.165) is 5.52 Å². The number of amides is 1. The van der Waals surface area contributed by atoms with Crippen molar-refractivity contribution >= 4 is 23.1 Å². The molecule has 0 aliphatic rings. The predicted octanol–water partition coefficient (Wildman–Crippen LogP) is 0.837. The van der Waals surface area contributed by atoms with Gasteiger partial charge in [-0.05, 0) is 18.2 Å². The fraction of sp³-hybridized carbons (Fsp3) is 0. The Kier molecular flexibility index (Phi) is 1.63. The van der Waals surface area contributed by atoms with Gasteiger partial charge in [-0.1, -0.05) is 0 Å². The van der Waals surface area contributed by atoms with Crippen molar-refractivity contribution in [1.82, 2.24) is 9.97 Å². The maximum atomic E-state index is 10.1. The Morgan fingerprint density at radius 2 is 2.38 bits per heavy atom. The minimum absolute atomic E-state index is 0.127. The first kappa shape index (κ1) is 7.60. The standard InChI is InChI=1S/C8H7N3O2/c12-4-9-5-1-2-6-7(3-5)11-8(13)10-6/h1-4H,(H,9,12)(H2,10,11,13). The lowest BCUT2D eigenvalue weighted by atomic mass is 10.3. The third-order valence-corrected chi connectivity index (χ3v) is 1.70. The van der Waals surface area contributed by atoms with Gasteiger partial charge < -0.3 is 15.4 Å². The summed E-state index contributed by atoms with van der Waals surface area (Å²) in [6, 6.07) is 4.99. The van der Waals surface area contributed by atoms with Gasteiger partial charge in [0, 0.05) is 5.69 Å². The van der Waals surface area contributed by atoms with Gasteiger partial charge in [0.25, 0.3) is 6.01 Å². The van der Waals surface area contributed by atoms with Gasteiger partial charge in [-0.25, -0.2) is 0 Å². The van der Waals surface area contributed by atoms with Crippen molar-refractivity contribution in [2.75, 3.05) is 5.32 Å². The van der Waals surface area contributed by atoms with Crippen molar-refractivity contribution in [3.63, 3.8) is 0 Å². The minimum atomic E-state index is -0.127. The molecular formula is C8H7N3O2. The molecule has 3 N–H and O–H groups in total. The van der Waals surface area contributed by atoms with Gasteiger partial charge in [-0.2, -0.15) is 4.98 Å². The molecule has 0 aliphatic heterocycles. The van der Waals surface area contributed by atoms with Crippen LogP contribution in [-0.2, 0) is 4.79 Å². The van der Waals surface area contributed by atoms with Crippen molar-refractivity contribution < 1.29 is 9.90 Å². The van der Waals surface area contributed by atoms with Crippen LogP contribution in [0.5, 0.6) is 6.01 Å². The zero-order valence-corrected chi connectivity index (χ0v) is 6.61. The Labute approximate surface area is 73.4 Å². The SMILES string of the molecule is O=CNc1ccc2[nH]c(O)nc2c1. The van der Waals surface area contributed by atoms with Crippen LogP contribution in [0.25, 0.3) is 11.0 Å². The number of rotatable bonds is 2. The van der Waals surface area contributed by atoms with Gasteiger partial charge in [0.1, 0.15) is 0 Å². The number of benzene rings is 1. The van der Waals surface area contributed by atoms with E-state index in [1.165, 1.54) is 0 Å². The quantitative estimate of drug-likeness (QED) is 0.594. The maximum absolute atomic E-state index is 10.1. The number of carbonyl (C=O) groups excluding carboxylic acids is 1. The normalized spacial score (nSPS) is 10.2. The first-order valence-electron chi connectivity index (χ1n) is 3.68. The Bertz CT molecular complexity index is 450. The summed E-state index contributed by atoms with van der Waals surface area (Å²) in [5.41, 5.74) is 1.99. The number of aromatic hydroxyl groups is 1. The molecule has 0 fully saturated rings. The van der Waals surface area contributed by atoms with Crippen LogP contribution in [0.1, 0.15) is 0 Å². The molecule has 2 aromatic rings. The van der Waals surface area contributed by atoms with Gasteiger partial charge in [0.15, 0.2) is 0 Å². The number of carbonyl (C=O) groups is 1. The summed E-state index contributed by atoms with van der Waals surface area (Å²) >= 11 is 0. The molecule has 13 heavy (non-hydrogen) atoms. The van der Waals surface area contributed by atoms with Crippen LogP contribution in [0.3, 0.4) is 0 Å². The molecule has 1 aromatic carbocycles. The fourth-order valence-electron chi connectivity index (χ4n) is 1.15. The summed E-state index contributed by atoms with van der Waals surface area (Å²) in [7, 11) is 0. The van der Waals surface area contributed by atoms with E-state index in [-0.39, 0.29) is 6.01 Å². The third kappa shape index (κ3) is 1.31. The van der Waals surface area contributed by atoms with E-state index in [2.05, 4.69) is 15.3 Å². The maximum Gasteiger partial charge on any atom is 0.292 e. The molecule has 0 spiro atoms. The number of aromatic nitrogens is 2. The van der Waals surface area contributed by atoms with Crippen molar-refractivity contribution in [2.24, 2.45) is 0 Å². The van der Waals surface area contributed by atoms with Crippen LogP contribution in [0.2, 0.25) is 0 Å². The van der Waals surface area contributed by atoms with E-state index in [1.54, 1.807) is 18.2 Å². The first-order chi connectivity index (χ1) is 6.29. The van der Waals surface area contributed by atoms with E-state index in [1.807, 2.05) is 0 Å². The average Bonchev–Trinajstić information content (AvgIpc) is 2.44. The second-order valence-electron chi connectivity index (χ2n) is 2.55. The summed E-state index contributed by atoms with van der Waals surface area (Å²) in [5.74, 6) is 0. The van der Waals surface area contributed by atoms with Crippen molar-refractivity contribution in [1.29, 1.82) is 0 Å². The summed E-state index contributed by atoms with van der Waals surface area (Å²) in [4.78, 5) is 16.6. The molecule has 1 aromatic heterocycles. The van der Waals surface area contributed by atoms with Gasteiger partial charge >= 0.3 is 0 Å². The lowest BCUT2D eigenvalue weighted by Gasteiger charge is -1.95. The highest BCUT2D eigenvalue weighted by atomic mass is 16.3. The van der Waals surface area contributed by atoms with Crippen LogP contribution in [0.4, 0.5) is 5.69 Å². The number of fused-ring (bicyclic) bond motifs is 1. The van der Waals surface area contributed by atoms with Crippen molar-refractivity contribution in [2.45, 2.75) is 0 Å². The lowest BCUT2D eigenvalue weighted by molar-refractivity contribution is -0.105. The van der Waals surface area contributed by atoms with E-state index in [4.69, 9.17) is 5.11 Å². The van der Waals surface area contributed by atoms with Crippen LogP contribution in [0, 0.1) is 0 Å². The second-order valence-corrected chi connectivity index (χ2v) is 2.55. The van der Waals surface area contributed by atoms with Crippen LogP contribution in [0.15, 0.2) is 18.2 Å². The Balaban J connectivity index is 2.54. The van der Waals surface area contributed by atoms with Crippen molar-refractivity contribution in [3.8, 4) is 6.01 Å². The van der Waals surface area contributed by atoms with Crippen molar-refractivity contribution in [3.05, 3.63) is 18.2 Å². The Morgan fingerprint density at radius 3 is 3.15 bits per heavy atom. The molecule has 0 atom stereocenters. The molecule has 5 heteroatoms. The van der Waals surface area contributed by atoms with Crippen LogP contribution < -0.4 is 5.32 Å². The fourth-order valence-corrected chi connectivity index (χ4v) is 1.15. The molecule has 0 radical (unpaired) electrons. The van der Waals surface area contributed by atoms with E-state index in [0.29, 0.717) is 17.6 Å². The Hall–Kier alpha value is -2.04. The lowest BCUT2D eigenvalue weighted by Crippen LogP contribution is -1.92. The van der Waals surface area contributed by atoms with Crippen LogP contribution >= 0.6 is 0 Å². The molecule has 0 saturated heterocycles. The smallest absolute Gasteiger partial charge is 0.292 e. The van der Waals surface area contributed by atoms with E-state index >= 15 is 0 Å². The summed E-state index contributed by atoms with van der Waals surface area (Å²) in [6.45, 7) is 0. The summed E-state index contributed by atoms with van der Waals surface area (Å²) < 4.78 is 0. The highest BCUT2D eigenvalue weighted by Gasteiger charge is 2.00. The number of H-pyrrole nitrogens is 1. The first-order valence-corrected chi connectivity index (χ1v) is 3.68. The molecule has 0 saturated carbocycles. The Morgan fingerprint density at radius 1 is 1.54 bits per heavy atom. The van der Waals surface area contributed by atoms with Gasteiger partial charge in [0.05, 0.1) is 11.0 Å². The molecule has 0 bridgehead atoms. The largest absolute Gasteiger partial charge is 0.480 e. The molecule has 2 rings (SSSR count). The monoisotopic (exact) mass is 177 g/mol. The van der Waals surface area contributed by atoms with Gasteiger partial charge in [-0.15, -0.1) is 0 Å². The molecule has 0 aliphatic carbocycles. The zero-order valence-electron chi connectivity index (χ0n) is 6.61. The van der Waals surface area contributed by atoms with E-state index < -0.39 is 0 Å². The number of nitrogens with zero attached hydrogens (tertiary/aromatic N) is 1. The number of hydrogen-bond acceptors (Lipinski definition) is 3. The number of imidazole rings is 1. The summed E-state index contributed by atoms with van der Waals surface area (Å²) in [6.07, 6.45) is 0.591. The highest BCUT2D eigenvalue weighted by molar-refractivity contribution is 5.83. The predicted molar refractivity (Wildman–Crippen MR) is 47.4 cm³/mol. The van der Waals surface area contributed by atoms with Gasteiger partial charge in [-0.3, -0.25) is 4.79 Å². The average molecular weight is 177 g/mol. The zero-order chi connectivity index (χ0) is 9.26.